The Morgan fingerprint density at radius 3 is 2.95 bits per heavy atom. The predicted octanol–water partition coefficient (Wildman–Crippen LogP) is 2.25. The minimum absolute atomic E-state index is 0.0740. The number of benzene rings is 1. The van der Waals surface area contributed by atoms with E-state index in [1.54, 1.807) is 7.05 Å². The largest absolute Gasteiger partial charge is 0.362 e. The van der Waals surface area contributed by atoms with Gasteiger partial charge in [-0.05, 0) is 49.9 Å². The lowest BCUT2D eigenvalue weighted by molar-refractivity contribution is -0.119. The van der Waals surface area contributed by atoms with Crippen LogP contribution in [0.25, 0.3) is 0 Å². The highest BCUT2D eigenvalue weighted by Gasteiger charge is 2.19. The molecule has 0 spiro atoms. The molecule has 1 atom stereocenters. The van der Waals surface area contributed by atoms with Crippen LogP contribution < -0.4 is 15.5 Å². The molecule has 1 amide bonds. The van der Waals surface area contributed by atoms with Crippen LogP contribution in [0.1, 0.15) is 43.9 Å². The van der Waals surface area contributed by atoms with E-state index >= 15 is 0 Å². The number of rotatable bonds is 6. The number of carbonyl (C=O) groups excluding carboxylic acids is 1. The molecule has 1 aromatic carbocycles. The van der Waals surface area contributed by atoms with Crippen LogP contribution in [0.5, 0.6) is 0 Å². The molecule has 116 valence electrons. The van der Waals surface area contributed by atoms with Gasteiger partial charge >= 0.3 is 0 Å². The van der Waals surface area contributed by atoms with Crippen LogP contribution in [-0.2, 0) is 11.2 Å². The van der Waals surface area contributed by atoms with Crippen molar-refractivity contribution in [2.75, 3.05) is 31.6 Å². The third kappa shape index (κ3) is 3.97. The van der Waals surface area contributed by atoms with Crippen LogP contribution in [0, 0.1) is 0 Å². The minimum atomic E-state index is 0.0740. The molecule has 1 aromatic rings. The van der Waals surface area contributed by atoms with Gasteiger partial charge in [-0.15, -0.1) is 0 Å². The number of anilines is 1. The Hall–Kier alpha value is -1.55. The molecule has 0 saturated heterocycles. The van der Waals surface area contributed by atoms with E-state index in [0.29, 0.717) is 12.6 Å². The number of fused-ring (bicyclic) bond motifs is 1. The number of nitrogens with zero attached hydrogens (tertiary/aromatic N) is 1. The van der Waals surface area contributed by atoms with Gasteiger partial charge in [0, 0.05) is 25.3 Å². The number of nitrogens with one attached hydrogen (secondary N) is 2. The lowest BCUT2D eigenvalue weighted by Gasteiger charge is -2.31. The highest BCUT2D eigenvalue weighted by Crippen LogP contribution is 2.29. The summed E-state index contributed by atoms with van der Waals surface area (Å²) in [6, 6.07) is 7.05. The third-order valence-corrected chi connectivity index (χ3v) is 4.13. The van der Waals surface area contributed by atoms with Crippen LogP contribution >= 0.6 is 0 Å². The Labute approximate surface area is 127 Å². The highest BCUT2D eigenvalue weighted by molar-refractivity contribution is 5.81. The average Bonchev–Trinajstić information content (AvgIpc) is 2.52. The van der Waals surface area contributed by atoms with E-state index in [1.807, 2.05) is 0 Å². The van der Waals surface area contributed by atoms with Gasteiger partial charge in [0.15, 0.2) is 0 Å². The van der Waals surface area contributed by atoms with E-state index in [9.17, 15) is 4.79 Å². The Morgan fingerprint density at radius 2 is 2.24 bits per heavy atom. The van der Waals surface area contributed by atoms with Crippen LogP contribution in [0.4, 0.5) is 5.69 Å². The molecule has 4 nitrogen and oxygen atoms in total. The molecule has 0 radical (unpaired) electrons. The maximum absolute atomic E-state index is 11.6. The number of likely N-dealkylation sites (N-methyl/N-ethyl adjacent to an activating group) is 1. The fourth-order valence-electron chi connectivity index (χ4n) is 2.86. The van der Waals surface area contributed by atoms with Crippen molar-refractivity contribution in [2.45, 2.75) is 39.2 Å². The highest BCUT2D eigenvalue weighted by atomic mass is 16.1. The molecule has 2 N–H and O–H groups in total. The van der Waals surface area contributed by atoms with E-state index in [-0.39, 0.29) is 5.91 Å². The standard InChI is InChI=1S/C17H27N3O/c1-4-9-19-13(2)14-7-8-16-15(11-14)6-5-10-20(16)12-17(21)18-3/h7-8,11,13,19H,4-6,9-10,12H2,1-3H3,(H,18,21). The van der Waals surface area contributed by atoms with Gasteiger partial charge in [-0.3, -0.25) is 4.79 Å². The fourth-order valence-corrected chi connectivity index (χ4v) is 2.86. The molecule has 1 unspecified atom stereocenters. The molecule has 0 bridgehead atoms. The summed E-state index contributed by atoms with van der Waals surface area (Å²) in [5, 5.41) is 6.24. The average molecular weight is 289 g/mol. The molecule has 1 aliphatic heterocycles. The number of aryl methyl sites for hydroxylation is 1. The summed E-state index contributed by atoms with van der Waals surface area (Å²) >= 11 is 0. The molecule has 2 rings (SSSR count). The summed E-state index contributed by atoms with van der Waals surface area (Å²) in [6.07, 6.45) is 3.37. The van der Waals surface area contributed by atoms with Crippen molar-refractivity contribution in [3.63, 3.8) is 0 Å². The van der Waals surface area contributed by atoms with Gasteiger partial charge in [-0.25, -0.2) is 0 Å². The summed E-state index contributed by atoms with van der Waals surface area (Å²) in [5.74, 6) is 0.0740. The third-order valence-electron chi connectivity index (χ3n) is 4.13. The van der Waals surface area contributed by atoms with E-state index in [2.05, 4.69) is 47.6 Å². The summed E-state index contributed by atoms with van der Waals surface area (Å²) in [7, 11) is 1.69. The van der Waals surface area contributed by atoms with Crippen molar-refractivity contribution < 1.29 is 4.79 Å². The first-order valence-corrected chi connectivity index (χ1v) is 7.97. The van der Waals surface area contributed by atoms with Crippen LogP contribution in [0.2, 0.25) is 0 Å². The second-order valence-electron chi connectivity index (χ2n) is 5.76. The predicted molar refractivity (Wildman–Crippen MR) is 87.8 cm³/mol. The topological polar surface area (TPSA) is 44.4 Å². The first kappa shape index (κ1) is 15.8. The van der Waals surface area contributed by atoms with Crippen LogP contribution in [-0.4, -0.2) is 32.6 Å². The summed E-state index contributed by atoms with van der Waals surface area (Å²) in [6.45, 7) is 6.85. The van der Waals surface area contributed by atoms with Crippen LogP contribution in [0.3, 0.4) is 0 Å². The zero-order chi connectivity index (χ0) is 15.2. The smallest absolute Gasteiger partial charge is 0.239 e. The van der Waals surface area contributed by atoms with E-state index < -0.39 is 0 Å². The Balaban J connectivity index is 2.14. The lowest BCUT2D eigenvalue weighted by atomic mass is 9.96. The van der Waals surface area contributed by atoms with Gasteiger partial charge in [-0.2, -0.15) is 0 Å². The monoisotopic (exact) mass is 289 g/mol. The SMILES string of the molecule is CCCNC(C)c1ccc2c(c1)CCCN2CC(=O)NC. The Kier molecular flexibility index (Phi) is 5.62. The molecule has 0 fully saturated rings. The summed E-state index contributed by atoms with van der Waals surface area (Å²) in [5.41, 5.74) is 3.92. The molecule has 21 heavy (non-hydrogen) atoms. The number of carbonyl (C=O) groups is 1. The van der Waals surface area contributed by atoms with Crippen molar-refractivity contribution in [3.05, 3.63) is 29.3 Å². The van der Waals surface area contributed by atoms with Gasteiger partial charge in [0.05, 0.1) is 6.54 Å². The molecule has 0 aliphatic carbocycles. The minimum Gasteiger partial charge on any atom is -0.362 e. The van der Waals surface area contributed by atoms with Gasteiger partial charge in [0.2, 0.25) is 5.91 Å². The Bertz CT molecular complexity index is 487. The van der Waals surface area contributed by atoms with Gasteiger partial charge in [0.25, 0.3) is 0 Å². The molecular weight excluding hydrogens is 262 g/mol. The number of amides is 1. The zero-order valence-electron chi connectivity index (χ0n) is 13.4. The van der Waals surface area contributed by atoms with E-state index in [1.165, 1.54) is 16.8 Å². The summed E-state index contributed by atoms with van der Waals surface area (Å²) in [4.78, 5) is 13.8. The molecule has 4 heteroatoms. The number of hydrogen-bond acceptors (Lipinski definition) is 3. The van der Waals surface area contributed by atoms with Crippen molar-refractivity contribution in [2.24, 2.45) is 0 Å². The first-order chi connectivity index (χ1) is 10.2. The number of hydrogen-bond donors (Lipinski definition) is 2. The second kappa shape index (κ2) is 7.46. The molecule has 0 saturated carbocycles. The van der Waals surface area contributed by atoms with E-state index in [0.717, 1.165) is 32.4 Å². The normalized spacial score (nSPS) is 15.5. The Morgan fingerprint density at radius 1 is 1.43 bits per heavy atom. The molecule has 1 heterocycles. The van der Waals surface area contributed by atoms with Crippen molar-refractivity contribution in [3.8, 4) is 0 Å². The maximum atomic E-state index is 11.6. The van der Waals surface area contributed by atoms with Crippen molar-refractivity contribution >= 4 is 11.6 Å². The van der Waals surface area contributed by atoms with Crippen molar-refractivity contribution in [1.29, 1.82) is 0 Å². The quantitative estimate of drug-likeness (QED) is 0.844. The lowest BCUT2D eigenvalue weighted by Crippen LogP contribution is -2.38. The van der Waals surface area contributed by atoms with Gasteiger partial charge in [-0.1, -0.05) is 19.1 Å². The molecule has 0 aromatic heterocycles. The molecular formula is C17H27N3O. The van der Waals surface area contributed by atoms with Gasteiger partial charge < -0.3 is 15.5 Å². The van der Waals surface area contributed by atoms with E-state index in [4.69, 9.17) is 0 Å². The van der Waals surface area contributed by atoms with Crippen molar-refractivity contribution in [1.82, 2.24) is 10.6 Å². The zero-order valence-corrected chi connectivity index (χ0v) is 13.4. The maximum Gasteiger partial charge on any atom is 0.239 e. The molecule has 1 aliphatic rings. The first-order valence-electron chi connectivity index (χ1n) is 7.97. The fraction of sp³-hybridized carbons (Fsp3) is 0.588. The second-order valence-corrected chi connectivity index (χ2v) is 5.76. The van der Waals surface area contributed by atoms with Crippen LogP contribution in [0.15, 0.2) is 18.2 Å². The van der Waals surface area contributed by atoms with Gasteiger partial charge in [0.1, 0.15) is 0 Å². The summed E-state index contributed by atoms with van der Waals surface area (Å²) < 4.78 is 0.